The predicted molar refractivity (Wildman–Crippen MR) is 110 cm³/mol. The van der Waals surface area contributed by atoms with Crippen molar-refractivity contribution in [2.75, 3.05) is 21.3 Å². The Bertz CT molecular complexity index is 880. The molecule has 0 bridgehead atoms. The van der Waals surface area contributed by atoms with Crippen LogP contribution in [0.2, 0.25) is 0 Å². The normalized spacial score (nSPS) is 11.7. The average Bonchev–Trinajstić information content (AvgIpc) is 2.73. The molecule has 1 atom stereocenters. The van der Waals surface area contributed by atoms with Gasteiger partial charge in [-0.3, -0.25) is 0 Å². The van der Waals surface area contributed by atoms with E-state index in [0.717, 1.165) is 22.3 Å². The van der Waals surface area contributed by atoms with Crippen LogP contribution in [0.15, 0.2) is 60.7 Å². The minimum Gasteiger partial charge on any atom is -0.493 e. The molecule has 1 unspecified atom stereocenters. The van der Waals surface area contributed by atoms with Crippen LogP contribution in [0.1, 0.15) is 11.1 Å². The van der Waals surface area contributed by atoms with Gasteiger partial charge in [0.25, 0.3) is 0 Å². The molecule has 145 valence electrons. The van der Waals surface area contributed by atoms with Gasteiger partial charge in [0.1, 0.15) is 0 Å². The van der Waals surface area contributed by atoms with E-state index in [1.807, 2.05) is 60.7 Å². The third kappa shape index (κ3) is 4.65. The minimum atomic E-state index is -0.464. The van der Waals surface area contributed by atoms with Crippen LogP contribution in [0.25, 0.3) is 11.1 Å². The topological polar surface area (TPSA) is 47.9 Å². The molecule has 0 saturated carbocycles. The number of hydrogen-bond donors (Lipinski definition) is 1. The lowest BCUT2D eigenvalue weighted by Gasteiger charge is -2.15. The summed E-state index contributed by atoms with van der Waals surface area (Å²) in [7, 11) is 4.78. The lowest BCUT2D eigenvalue weighted by atomic mass is 9.97. The Morgan fingerprint density at radius 1 is 0.821 bits per heavy atom. The van der Waals surface area contributed by atoms with Crippen molar-refractivity contribution in [2.45, 2.75) is 18.9 Å². The molecule has 3 aromatic rings. The van der Waals surface area contributed by atoms with Crippen LogP contribution in [-0.4, -0.2) is 32.5 Å². The first-order valence-corrected chi connectivity index (χ1v) is 9.18. The van der Waals surface area contributed by atoms with Crippen molar-refractivity contribution in [2.24, 2.45) is 0 Å². The highest BCUT2D eigenvalue weighted by atomic mass is 16.5. The average molecular weight is 377 g/mol. The van der Waals surface area contributed by atoms with Gasteiger partial charge in [0, 0.05) is 0 Å². The number of aliphatic hydroxyl groups is 1. The maximum atomic E-state index is 10.5. The monoisotopic (exact) mass is 377 g/mol. The fourth-order valence-electron chi connectivity index (χ4n) is 3.25. The van der Waals surface area contributed by atoms with Gasteiger partial charge in [0.05, 0.1) is 27.4 Å². The number of aliphatic hydroxyl groups excluding tert-OH is 1. The highest BCUT2D eigenvalue weighted by Crippen LogP contribution is 2.41. The number of benzene rings is 3. The van der Waals surface area contributed by atoms with Crippen LogP contribution in [-0.2, 0) is 12.8 Å². The second-order valence-corrected chi connectivity index (χ2v) is 6.55. The summed E-state index contributed by atoms with van der Waals surface area (Å²) < 4.78 is 16.3. The molecule has 1 radical (unpaired) electrons. The van der Waals surface area contributed by atoms with Gasteiger partial charge in [0.2, 0.25) is 5.75 Å². The zero-order valence-electron chi connectivity index (χ0n) is 16.4. The molecule has 0 spiro atoms. The molecule has 4 nitrogen and oxygen atoms in total. The van der Waals surface area contributed by atoms with Crippen molar-refractivity contribution in [3.63, 3.8) is 0 Å². The van der Waals surface area contributed by atoms with Crippen LogP contribution in [0.4, 0.5) is 0 Å². The summed E-state index contributed by atoms with van der Waals surface area (Å²) in [6.45, 7) is 0. The van der Waals surface area contributed by atoms with E-state index < -0.39 is 6.10 Å². The second kappa shape index (κ2) is 9.29. The lowest BCUT2D eigenvalue weighted by molar-refractivity contribution is 0.175. The Morgan fingerprint density at radius 3 is 2.11 bits per heavy atom. The Labute approximate surface area is 166 Å². The molecule has 28 heavy (non-hydrogen) atoms. The quantitative estimate of drug-likeness (QED) is 0.635. The van der Waals surface area contributed by atoms with Crippen LogP contribution in [0.5, 0.6) is 17.2 Å². The first-order chi connectivity index (χ1) is 13.6. The number of ether oxygens (including phenoxy) is 3. The van der Waals surface area contributed by atoms with Crippen LogP contribution in [0.3, 0.4) is 0 Å². The van der Waals surface area contributed by atoms with Gasteiger partial charge in [-0.1, -0.05) is 48.5 Å². The Kier molecular flexibility index (Phi) is 6.56. The van der Waals surface area contributed by atoms with E-state index in [2.05, 4.69) is 6.07 Å². The largest absolute Gasteiger partial charge is 0.493 e. The van der Waals surface area contributed by atoms with Gasteiger partial charge in [-0.15, -0.1) is 0 Å². The summed E-state index contributed by atoms with van der Waals surface area (Å²) in [6.07, 6.45) is 0.685. The molecule has 0 saturated heterocycles. The van der Waals surface area contributed by atoms with Gasteiger partial charge >= 0.3 is 0 Å². The maximum Gasteiger partial charge on any atom is 0.203 e. The zero-order chi connectivity index (χ0) is 19.9. The second-order valence-electron chi connectivity index (χ2n) is 6.55. The molecule has 0 aliphatic heterocycles. The fourth-order valence-corrected chi connectivity index (χ4v) is 3.25. The summed E-state index contributed by atoms with van der Waals surface area (Å²) in [4.78, 5) is 0. The van der Waals surface area contributed by atoms with Crippen molar-refractivity contribution in [1.82, 2.24) is 0 Å². The molecule has 0 amide bonds. The first kappa shape index (κ1) is 19.8. The van der Waals surface area contributed by atoms with Gasteiger partial charge < -0.3 is 19.3 Å². The minimum absolute atomic E-state index is 0.464. The van der Waals surface area contributed by atoms with Gasteiger partial charge in [-0.05, 0) is 53.3 Å². The Hall–Kier alpha value is -2.98. The highest BCUT2D eigenvalue weighted by Gasteiger charge is 2.15. The summed E-state index contributed by atoms with van der Waals surface area (Å²) in [6, 6.07) is 23.1. The summed E-state index contributed by atoms with van der Waals surface area (Å²) >= 11 is 0. The predicted octanol–water partition coefficient (Wildman–Crippen LogP) is 4.33. The molecule has 4 heteroatoms. The van der Waals surface area contributed by atoms with Crippen molar-refractivity contribution in [3.05, 3.63) is 77.9 Å². The molecule has 3 rings (SSSR count). The highest BCUT2D eigenvalue weighted by molar-refractivity contribution is 5.71. The smallest absolute Gasteiger partial charge is 0.203 e. The third-order valence-corrected chi connectivity index (χ3v) is 4.60. The van der Waals surface area contributed by atoms with Crippen LogP contribution >= 0.6 is 0 Å². The van der Waals surface area contributed by atoms with Crippen molar-refractivity contribution < 1.29 is 19.3 Å². The molecule has 0 fully saturated rings. The number of methoxy groups -OCH3 is 3. The van der Waals surface area contributed by atoms with E-state index in [0.29, 0.717) is 30.1 Å². The van der Waals surface area contributed by atoms with E-state index in [4.69, 9.17) is 14.2 Å². The molecular weight excluding hydrogens is 352 g/mol. The Morgan fingerprint density at radius 2 is 1.50 bits per heavy atom. The van der Waals surface area contributed by atoms with Gasteiger partial charge in [-0.25, -0.2) is 0 Å². The first-order valence-electron chi connectivity index (χ1n) is 9.18. The zero-order valence-corrected chi connectivity index (χ0v) is 16.4. The molecule has 1 N–H and O–H groups in total. The standard InChI is InChI=1S/C24H25O4/c1-26-22-15-20(16-23(27-2)24(22)28-3)19-11-7-10-18(12-19)14-21(25)13-17-8-5-4-6-9-17/h4-11,15-16,21,25H,13-14H2,1-3H3. The van der Waals surface area contributed by atoms with Crippen LogP contribution in [0, 0.1) is 6.07 Å². The molecule has 0 heterocycles. The molecule has 0 aliphatic carbocycles. The summed E-state index contributed by atoms with van der Waals surface area (Å²) in [5, 5.41) is 10.5. The van der Waals surface area contributed by atoms with Crippen molar-refractivity contribution >= 4 is 0 Å². The number of rotatable bonds is 8. The van der Waals surface area contributed by atoms with E-state index in [1.54, 1.807) is 21.3 Å². The number of hydrogen-bond acceptors (Lipinski definition) is 4. The van der Waals surface area contributed by atoms with E-state index >= 15 is 0 Å². The van der Waals surface area contributed by atoms with E-state index in [1.165, 1.54) is 0 Å². The SMILES string of the molecule is COc1cc(-c2[c]c(CC(O)Cc3ccccc3)ccc2)cc(OC)c1OC. The van der Waals surface area contributed by atoms with Gasteiger partial charge in [-0.2, -0.15) is 0 Å². The summed E-state index contributed by atoms with van der Waals surface area (Å²) in [5.74, 6) is 1.75. The lowest BCUT2D eigenvalue weighted by Crippen LogP contribution is -2.14. The van der Waals surface area contributed by atoms with Crippen molar-refractivity contribution in [1.29, 1.82) is 0 Å². The molecule has 3 aromatic carbocycles. The molecule has 0 aromatic heterocycles. The van der Waals surface area contributed by atoms with Crippen molar-refractivity contribution in [3.8, 4) is 28.4 Å². The molecular formula is C24H25O4. The summed E-state index contributed by atoms with van der Waals surface area (Å²) in [5.41, 5.74) is 3.89. The van der Waals surface area contributed by atoms with Gasteiger partial charge in [0.15, 0.2) is 11.5 Å². The van der Waals surface area contributed by atoms with E-state index in [-0.39, 0.29) is 0 Å². The van der Waals surface area contributed by atoms with Crippen LogP contribution < -0.4 is 14.2 Å². The maximum absolute atomic E-state index is 10.5. The van der Waals surface area contributed by atoms with E-state index in [9.17, 15) is 5.11 Å². The fraction of sp³-hybridized carbons (Fsp3) is 0.250. The molecule has 0 aliphatic rings. The Balaban J connectivity index is 1.83. The third-order valence-electron chi connectivity index (χ3n) is 4.60.